The highest BCUT2D eigenvalue weighted by Gasteiger charge is 2.33. The van der Waals surface area contributed by atoms with Gasteiger partial charge in [-0.25, -0.2) is 13.4 Å². The van der Waals surface area contributed by atoms with Gasteiger partial charge in [0.1, 0.15) is 15.6 Å². The van der Waals surface area contributed by atoms with Crippen LogP contribution in [0.1, 0.15) is 28.9 Å². The lowest BCUT2D eigenvalue weighted by atomic mass is 10.2. The van der Waals surface area contributed by atoms with Gasteiger partial charge >= 0.3 is 0 Å². The average Bonchev–Trinajstić information content (AvgIpc) is 3.25. The van der Waals surface area contributed by atoms with Crippen molar-refractivity contribution in [2.45, 2.75) is 24.2 Å². The van der Waals surface area contributed by atoms with Crippen LogP contribution in [-0.2, 0) is 10.0 Å². The molecule has 0 unspecified atom stereocenters. The number of carbonyl (C=O) groups is 1. The summed E-state index contributed by atoms with van der Waals surface area (Å²) in [4.78, 5) is 21.7. The van der Waals surface area contributed by atoms with Crippen LogP contribution in [0, 0.1) is 0 Å². The summed E-state index contributed by atoms with van der Waals surface area (Å²) in [5.41, 5.74) is 0. The molecule has 156 valence electrons. The number of piperidine rings is 1. The van der Waals surface area contributed by atoms with Gasteiger partial charge in [-0.2, -0.15) is 4.31 Å². The molecule has 0 radical (unpaired) electrons. The van der Waals surface area contributed by atoms with Crippen LogP contribution in [0.3, 0.4) is 0 Å². The van der Waals surface area contributed by atoms with Gasteiger partial charge in [0.25, 0.3) is 5.91 Å². The van der Waals surface area contributed by atoms with E-state index in [2.05, 4.69) is 9.88 Å². The molecule has 4 rings (SSSR count). The predicted molar refractivity (Wildman–Crippen MR) is 114 cm³/mol. The summed E-state index contributed by atoms with van der Waals surface area (Å²) in [6, 6.07) is 5.23. The van der Waals surface area contributed by atoms with Crippen LogP contribution in [0.25, 0.3) is 0 Å². The number of carbonyl (C=O) groups excluding carboxylic acids is 1. The number of anilines is 1. The van der Waals surface area contributed by atoms with Crippen molar-refractivity contribution >= 4 is 44.7 Å². The third-order valence-electron chi connectivity index (χ3n) is 5.36. The summed E-state index contributed by atoms with van der Waals surface area (Å²) in [5.74, 6) is 0.616. The molecule has 0 bridgehead atoms. The van der Waals surface area contributed by atoms with Crippen LogP contribution in [0.15, 0.2) is 34.7 Å². The second kappa shape index (κ2) is 8.59. The molecule has 0 spiro atoms. The van der Waals surface area contributed by atoms with E-state index in [0.717, 1.165) is 25.1 Å². The van der Waals surface area contributed by atoms with E-state index in [9.17, 15) is 13.2 Å². The summed E-state index contributed by atoms with van der Waals surface area (Å²) in [6.45, 7) is 3.37. The van der Waals surface area contributed by atoms with E-state index < -0.39 is 10.0 Å². The molecule has 0 aliphatic carbocycles. The third kappa shape index (κ3) is 4.28. The molecule has 2 aromatic rings. The number of sulfonamides is 1. The molecule has 2 aliphatic heterocycles. The predicted octanol–water partition coefficient (Wildman–Crippen LogP) is 2.93. The molecule has 2 fully saturated rings. The Balaban J connectivity index is 1.46. The van der Waals surface area contributed by atoms with Crippen molar-refractivity contribution in [3.63, 3.8) is 0 Å². The van der Waals surface area contributed by atoms with Crippen LogP contribution >= 0.6 is 22.9 Å². The van der Waals surface area contributed by atoms with Gasteiger partial charge in [-0.15, -0.1) is 11.3 Å². The molecule has 0 N–H and O–H groups in total. The molecule has 0 atom stereocenters. The lowest BCUT2D eigenvalue weighted by Gasteiger charge is -2.35. The SMILES string of the molecule is O=C(c1sccc1S(=O)(=O)N1CCCCC1)N1CCN(c2ccc(Cl)cn2)CC1. The minimum Gasteiger partial charge on any atom is -0.353 e. The number of hydrogen-bond acceptors (Lipinski definition) is 6. The van der Waals surface area contributed by atoms with Crippen molar-refractivity contribution in [3.8, 4) is 0 Å². The number of piperazine rings is 1. The summed E-state index contributed by atoms with van der Waals surface area (Å²) < 4.78 is 27.6. The Kier molecular flexibility index (Phi) is 6.10. The Morgan fingerprint density at radius 1 is 1.00 bits per heavy atom. The van der Waals surface area contributed by atoms with Crippen LogP contribution < -0.4 is 4.90 Å². The van der Waals surface area contributed by atoms with Gasteiger partial charge in [-0.1, -0.05) is 18.0 Å². The molecule has 1 amide bonds. The Labute approximate surface area is 179 Å². The zero-order chi connectivity index (χ0) is 20.4. The molecule has 4 heterocycles. The monoisotopic (exact) mass is 454 g/mol. The van der Waals surface area contributed by atoms with E-state index in [1.165, 1.54) is 15.6 Å². The number of aromatic nitrogens is 1. The maximum atomic E-state index is 13.1. The summed E-state index contributed by atoms with van der Waals surface area (Å²) in [7, 11) is -3.63. The Morgan fingerprint density at radius 2 is 1.72 bits per heavy atom. The van der Waals surface area contributed by atoms with E-state index in [0.29, 0.717) is 49.2 Å². The highest BCUT2D eigenvalue weighted by molar-refractivity contribution is 7.89. The largest absolute Gasteiger partial charge is 0.353 e. The molecule has 7 nitrogen and oxygen atoms in total. The molecule has 2 saturated heterocycles. The van der Waals surface area contributed by atoms with E-state index in [4.69, 9.17) is 11.6 Å². The number of pyridine rings is 1. The molecular weight excluding hydrogens is 432 g/mol. The first-order valence-corrected chi connectivity index (χ1v) is 12.4. The number of nitrogens with zero attached hydrogens (tertiary/aromatic N) is 4. The topological polar surface area (TPSA) is 73.8 Å². The molecule has 0 aromatic carbocycles. The molecule has 0 saturated carbocycles. The normalized spacial score (nSPS) is 18.8. The molecule has 2 aliphatic rings. The highest BCUT2D eigenvalue weighted by Crippen LogP contribution is 2.29. The number of hydrogen-bond donors (Lipinski definition) is 0. The summed E-state index contributed by atoms with van der Waals surface area (Å²) >= 11 is 7.10. The second-order valence-corrected chi connectivity index (χ2v) is 10.5. The van der Waals surface area contributed by atoms with Crippen molar-refractivity contribution in [2.24, 2.45) is 0 Å². The molecular formula is C19H23ClN4O3S2. The second-order valence-electron chi connectivity index (χ2n) is 7.19. The Bertz CT molecular complexity index is 964. The van der Waals surface area contributed by atoms with Gasteiger partial charge < -0.3 is 9.80 Å². The number of halogens is 1. The quantitative estimate of drug-likeness (QED) is 0.710. The number of rotatable bonds is 4. The fraction of sp³-hybridized carbons (Fsp3) is 0.474. The highest BCUT2D eigenvalue weighted by atomic mass is 35.5. The van der Waals surface area contributed by atoms with E-state index in [1.54, 1.807) is 28.6 Å². The third-order valence-corrected chi connectivity index (χ3v) is 8.56. The van der Waals surface area contributed by atoms with Crippen molar-refractivity contribution in [1.29, 1.82) is 0 Å². The van der Waals surface area contributed by atoms with Crippen LogP contribution in [0.5, 0.6) is 0 Å². The van der Waals surface area contributed by atoms with Gasteiger partial charge in [-0.3, -0.25) is 4.79 Å². The number of amides is 1. The maximum absolute atomic E-state index is 13.1. The summed E-state index contributed by atoms with van der Waals surface area (Å²) in [6.07, 6.45) is 4.40. The van der Waals surface area contributed by atoms with E-state index in [-0.39, 0.29) is 10.8 Å². The fourth-order valence-corrected chi connectivity index (χ4v) is 6.73. The molecule has 2 aromatic heterocycles. The lowest BCUT2D eigenvalue weighted by molar-refractivity contribution is 0.0747. The molecule has 29 heavy (non-hydrogen) atoms. The van der Waals surface area contributed by atoms with Crippen LogP contribution in [0.4, 0.5) is 5.82 Å². The number of thiophene rings is 1. The first-order valence-electron chi connectivity index (χ1n) is 9.70. The Hall–Kier alpha value is -1.68. The fourth-order valence-electron chi connectivity index (χ4n) is 3.74. The zero-order valence-corrected chi connectivity index (χ0v) is 18.3. The van der Waals surface area contributed by atoms with Gasteiger partial charge in [0, 0.05) is 45.5 Å². The molecule has 10 heteroatoms. The van der Waals surface area contributed by atoms with Crippen molar-refractivity contribution < 1.29 is 13.2 Å². The van der Waals surface area contributed by atoms with Crippen molar-refractivity contribution in [3.05, 3.63) is 39.7 Å². The average molecular weight is 455 g/mol. The van der Waals surface area contributed by atoms with E-state index in [1.807, 2.05) is 6.07 Å². The zero-order valence-electron chi connectivity index (χ0n) is 16.0. The van der Waals surface area contributed by atoms with Gasteiger partial charge in [0.15, 0.2) is 0 Å². The van der Waals surface area contributed by atoms with Crippen LogP contribution in [0.2, 0.25) is 5.02 Å². The van der Waals surface area contributed by atoms with Gasteiger partial charge in [0.2, 0.25) is 10.0 Å². The Morgan fingerprint density at radius 3 is 2.38 bits per heavy atom. The summed E-state index contributed by atoms with van der Waals surface area (Å²) in [5, 5.41) is 2.28. The maximum Gasteiger partial charge on any atom is 0.265 e. The minimum absolute atomic E-state index is 0.149. The first-order chi connectivity index (χ1) is 14.0. The first kappa shape index (κ1) is 20.6. The van der Waals surface area contributed by atoms with Crippen molar-refractivity contribution in [1.82, 2.24) is 14.2 Å². The smallest absolute Gasteiger partial charge is 0.265 e. The van der Waals surface area contributed by atoms with Crippen LogP contribution in [-0.4, -0.2) is 67.8 Å². The van der Waals surface area contributed by atoms with Gasteiger partial charge in [-0.05, 0) is 36.4 Å². The minimum atomic E-state index is -3.63. The standard InChI is InChI=1S/C19H23ClN4O3S2/c20-15-4-5-17(21-14-15)22-9-11-23(12-10-22)19(25)18-16(6-13-28-18)29(26,27)24-7-2-1-3-8-24/h4-6,13-14H,1-3,7-12H2. The lowest BCUT2D eigenvalue weighted by Crippen LogP contribution is -2.49. The van der Waals surface area contributed by atoms with Crippen molar-refractivity contribution in [2.75, 3.05) is 44.2 Å². The van der Waals surface area contributed by atoms with Gasteiger partial charge in [0.05, 0.1) is 5.02 Å². The van der Waals surface area contributed by atoms with E-state index >= 15 is 0 Å².